The van der Waals surface area contributed by atoms with Crippen LogP contribution in [0.15, 0.2) is 42.5 Å². The van der Waals surface area contributed by atoms with Crippen LogP contribution in [0.2, 0.25) is 0 Å². The van der Waals surface area contributed by atoms with E-state index in [0.29, 0.717) is 0 Å². The third kappa shape index (κ3) is 3.74. The fourth-order valence-corrected chi connectivity index (χ4v) is 3.73. The van der Waals surface area contributed by atoms with E-state index in [1.165, 1.54) is 6.07 Å². The summed E-state index contributed by atoms with van der Waals surface area (Å²) in [5.41, 5.74) is -0.641. The molecule has 0 aromatic heterocycles. The van der Waals surface area contributed by atoms with E-state index in [2.05, 4.69) is 5.32 Å². The van der Waals surface area contributed by atoms with Gasteiger partial charge in [0.15, 0.2) is 0 Å². The molecule has 0 saturated carbocycles. The fourth-order valence-electron chi connectivity index (χ4n) is 3.73. The van der Waals surface area contributed by atoms with Crippen LogP contribution in [0.25, 0.3) is 0 Å². The zero-order valence-corrected chi connectivity index (χ0v) is 15.7. The summed E-state index contributed by atoms with van der Waals surface area (Å²) in [7, 11) is 0. The molecule has 1 unspecified atom stereocenters. The van der Waals surface area contributed by atoms with Crippen molar-refractivity contribution >= 4 is 17.7 Å². The lowest BCUT2D eigenvalue weighted by Gasteiger charge is -2.29. The highest BCUT2D eigenvalue weighted by Gasteiger charge is 2.45. The van der Waals surface area contributed by atoms with E-state index < -0.39 is 41.1 Å². The number of hydrogen-bond acceptors (Lipinski definition) is 4. The smallest absolute Gasteiger partial charge is 0.417 e. The molecule has 2 aliphatic heterocycles. The first-order valence-corrected chi connectivity index (χ1v) is 9.29. The number of fused-ring (bicyclic) bond motifs is 1. The Morgan fingerprint density at radius 3 is 2.50 bits per heavy atom. The van der Waals surface area contributed by atoms with Crippen molar-refractivity contribution in [3.8, 4) is 5.75 Å². The topological polar surface area (TPSA) is 75.7 Å². The Labute approximate surface area is 169 Å². The molecule has 2 aromatic carbocycles. The minimum Gasteiger partial charge on any atom is -0.489 e. The first-order chi connectivity index (χ1) is 14.2. The molecule has 2 aliphatic rings. The molecule has 3 amide bonds. The number of hydrogen-bond donors (Lipinski definition) is 1. The Bertz CT molecular complexity index is 1020. The number of carbonyl (C=O) groups is 3. The van der Waals surface area contributed by atoms with Crippen molar-refractivity contribution < 1.29 is 32.3 Å². The monoisotopic (exact) mass is 418 g/mol. The average Bonchev–Trinajstić information content (AvgIpc) is 3.02. The first-order valence-electron chi connectivity index (χ1n) is 9.29. The summed E-state index contributed by atoms with van der Waals surface area (Å²) in [6, 6.07) is 10.2. The van der Waals surface area contributed by atoms with Gasteiger partial charge in [-0.25, -0.2) is 0 Å². The number of benzene rings is 2. The van der Waals surface area contributed by atoms with Gasteiger partial charge in [0.05, 0.1) is 11.1 Å². The third-order valence-corrected chi connectivity index (χ3v) is 5.15. The molecule has 2 heterocycles. The van der Waals surface area contributed by atoms with Gasteiger partial charge in [0.1, 0.15) is 18.4 Å². The van der Waals surface area contributed by atoms with Crippen LogP contribution in [-0.2, 0) is 28.9 Å². The van der Waals surface area contributed by atoms with Gasteiger partial charge >= 0.3 is 6.18 Å². The van der Waals surface area contributed by atoms with Gasteiger partial charge in [-0.1, -0.05) is 30.3 Å². The summed E-state index contributed by atoms with van der Waals surface area (Å²) < 4.78 is 46.7. The summed E-state index contributed by atoms with van der Waals surface area (Å²) in [4.78, 5) is 37.4. The lowest BCUT2D eigenvalue weighted by Crippen LogP contribution is -2.52. The van der Waals surface area contributed by atoms with Crippen LogP contribution in [0.4, 0.5) is 13.2 Å². The Balaban J connectivity index is 1.64. The molecule has 0 radical (unpaired) electrons. The highest BCUT2D eigenvalue weighted by Crippen LogP contribution is 2.41. The Morgan fingerprint density at radius 1 is 1.10 bits per heavy atom. The van der Waals surface area contributed by atoms with Gasteiger partial charge in [-0.3, -0.25) is 19.7 Å². The number of imide groups is 1. The second-order valence-corrected chi connectivity index (χ2v) is 7.18. The SMILES string of the molecule is O=C1CCC(N2Cc3cc(OCc4ccccc4)cc(C(F)(F)F)c3C2=O)C(=O)N1. The molecule has 1 N–H and O–H groups in total. The van der Waals surface area contributed by atoms with Crippen molar-refractivity contribution in [1.29, 1.82) is 0 Å². The molecule has 0 bridgehead atoms. The molecule has 0 spiro atoms. The van der Waals surface area contributed by atoms with Crippen LogP contribution in [-0.4, -0.2) is 28.7 Å². The molecule has 2 aromatic rings. The molecule has 4 rings (SSSR count). The van der Waals surface area contributed by atoms with E-state index in [1.54, 1.807) is 24.3 Å². The van der Waals surface area contributed by atoms with Crippen molar-refractivity contribution in [3.05, 3.63) is 64.7 Å². The molecule has 0 aliphatic carbocycles. The van der Waals surface area contributed by atoms with Crippen LogP contribution < -0.4 is 10.1 Å². The van der Waals surface area contributed by atoms with Gasteiger partial charge in [-0.05, 0) is 29.7 Å². The molecule has 6 nitrogen and oxygen atoms in total. The van der Waals surface area contributed by atoms with E-state index in [-0.39, 0.29) is 37.3 Å². The van der Waals surface area contributed by atoms with Crippen LogP contribution >= 0.6 is 0 Å². The summed E-state index contributed by atoms with van der Waals surface area (Å²) in [6.45, 7) is -0.0895. The number of ether oxygens (including phenoxy) is 1. The lowest BCUT2D eigenvalue weighted by molar-refractivity contribution is -0.138. The van der Waals surface area contributed by atoms with Crippen LogP contribution in [0.3, 0.4) is 0 Å². The number of amides is 3. The number of alkyl halides is 3. The molecule has 1 atom stereocenters. The summed E-state index contributed by atoms with van der Waals surface area (Å²) >= 11 is 0. The van der Waals surface area contributed by atoms with Crippen molar-refractivity contribution in [2.45, 2.75) is 38.2 Å². The van der Waals surface area contributed by atoms with Gasteiger partial charge in [0.2, 0.25) is 11.8 Å². The number of halogens is 3. The number of piperidine rings is 1. The second-order valence-electron chi connectivity index (χ2n) is 7.18. The van der Waals surface area contributed by atoms with Gasteiger partial charge in [0, 0.05) is 13.0 Å². The highest BCUT2D eigenvalue weighted by atomic mass is 19.4. The number of nitrogens with one attached hydrogen (secondary N) is 1. The van der Waals surface area contributed by atoms with Crippen molar-refractivity contribution in [1.82, 2.24) is 10.2 Å². The minimum absolute atomic E-state index is 0.0112. The maximum Gasteiger partial charge on any atom is 0.417 e. The Kier molecular flexibility index (Phi) is 4.97. The van der Waals surface area contributed by atoms with E-state index >= 15 is 0 Å². The number of carbonyl (C=O) groups excluding carboxylic acids is 3. The predicted octanol–water partition coefficient (Wildman–Crippen LogP) is 3.05. The lowest BCUT2D eigenvalue weighted by atomic mass is 10.0. The quantitative estimate of drug-likeness (QED) is 0.775. The van der Waals surface area contributed by atoms with Crippen molar-refractivity contribution in [3.63, 3.8) is 0 Å². The summed E-state index contributed by atoms with van der Waals surface area (Å²) in [5.74, 6) is -2.03. The highest BCUT2D eigenvalue weighted by molar-refractivity contribution is 6.06. The standard InChI is InChI=1S/C21H17F3N2O4/c22-21(23,24)15-9-14(30-11-12-4-2-1-3-5-12)8-13-10-26(20(29)18(13)15)16-6-7-17(27)25-19(16)28/h1-5,8-9,16H,6-7,10-11H2,(H,25,27,28). The van der Waals surface area contributed by atoms with Gasteiger partial charge < -0.3 is 9.64 Å². The molecular formula is C21H17F3N2O4. The number of nitrogens with zero attached hydrogens (tertiary/aromatic N) is 1. The van der Waals surface area contributed by atoms with E-state index in [0.717, 1.165) is 16.5 Å². The maximum absolute atomic E-state index is 13.7. The molecule has 1 fully saturated rings. The maximum atomic E-state index is 13.7. The van der Waals surface area contributed by atoms with Gasteiger partial charge in [0.25, 0.3) is 5.91 Å². The second kappa shape index (κ2) is 7.47. The average molecular weight is 418 g/mol. The predicted molar refractivity (Wildman–Crippen MR) is 98.3 cm³/mol. The van der Waals surface area contributed by atoms with Gasteiger partial charge in [-0.15, -0.1) is 0 Å². The van der Waals surface area contributed by atoms with E-state index in [4.69, 9.17) is 4.74 Å². The third-order valence-electron chi connectivity index (χ3n) is 5.15. The molecule has 156 valence electrons. The Morgan fingerprint density at radius 2 is 1.83 bits per heavy atom. The fraction of sp³-hybridized carbons (Fsp3) is 0.286. The van der Waals surface area contributed by atoms with Crippen LogP contribution in [0.5, 0.6) is 5.75 Å². The molecule has 30 heavy (non-hydrogen) atoms. The van der Waals surface area contributed by atoms with Crippen LogP contribution in [0, 0.1) is 0 Å². The van der Waals surface area contributed by atoms with Gasteiger partial charge in [-0.2, -0.15) is 13.2 Å². The van der Waals surface area contributed by atoms with E-state index in [1.807, 2.05) is 6.07 Å². The largest absolute Gasteiger partial charge is 0.489 e. The normalized spacial score (nSPS) is 19.0. The number of rotatable bonds is 4. The minimum atomic E-state index is -4.77. The molecule has 9 heteroatoms. The van der Waals surface area contributed by atoms with Crippen molar-refractivity contribution in [2.24, 2.45) is 0 Å². The zero-order chi connectivity index (χ0) is 21.5. The van der Waals surface area contributed by atoms with Crippen LogP contribution in [0.1, 0.15) is 39.9 Å². The Hall–Kier alpha value is -3.36. The molecular weight excluding hydrogens is 401 g/mol. The molecule has 1 saturated heterocycles. The van der Waals surface area contributed by atoms with E-state index in [9.17, 15) is 27.6 Å². The summed E-state index contributed by atoms with van der Waals surface area (Å²) in [5, 5.41) is 2.13. The summed E-state index contributed by atoms with van der Waals surface area (Å²) in [6.07, 6.45) is -4.68. The first kappa shape index (κ1) is 19.9. The van der Waals surface area contributed by atoms with Crippen molar-refractivity contribution in [2.75, 3.05) is 0 Å². The zero-order valence-electron chi connectivity index (χ0n) is 15.7.